The van der Waals surface area contributed by atoms with Crippen LogP contribution in [0.15, 0.2) is 71.6 Å². The quantitative estimate of drug-likeness (QED) is 0.389. The third-order valence-corrected chi connectivity index (χ3v) is 4.88. The zero-order valence-corrected chi connectivity index (χ0v) is 21.2. The van der Waals surface area contributed by atoms with Crippen molar-refractivity contribution in [2.24, 2.45) is 10.7 Å². The van der Waals surface area contributed by atoms with Crippen LogP contribution in [0.4, 0.5) is 5.82 Å². The van der Waals surface area contributed by atoms with Crippen LogP contribution in [-0.2, 0) is 4.79 Å². The van der Waals surface area contributed by atoms with E-state index in [0.29, 0.717) is 23.1 Å². The van der Waals surface area contributed by atoms with Crippen LogP contribution >= 0.6 is 0 Å². The van der Waals surface area contributed by atoms with Gasteiger partial charge < -0.3 is 25.8 Å². The van der Waals surface area contributed by atoms with Crippen LogP contribution in [0.5, 0.6) is 11.5 Å². The molecule has 0 aliphatic rings. The average Bonchev–Trinajstić information content (AvgIpc) is 2.86. The van der Waals surface area contributed by atoms with Crippen LogP contribution in [0, 0.1) is 0 Å². The van der Waals surface area contributed by atoms with Crippen LogP contribution in [0.25, 0.3) is 22.5 Å². The third-order valence-electron chi connectivity index (χ3n) is 4.88. The van der Waals surface area contributed by atoms with E-state index in [0.717, 1.165) is 22.4 Å². The number of methoxy groups -OCH3 is 1. The van der Waals surface area contributed by atoms with Gasteiger partial charge in [-0.3, -0.25) is 9.79 Å². The molecule has 1 aromatic heterocycles. The van der Waals surface area contributed by atoms with Crippen molar-refractivity contribution in [2.45, 2.75) is 26.3 Å². The first kappa shape index (κ1) is 26.2. The fourth-order valence-corrected chi connectivity index (χ4v) is 3.32. The maximum Gasteiger partial charge on any atom is 0.258 e. The van der Waals surface area contributed by atoms with Gasteiger partial charge in [-0.2, -0.15) is 0 Å². The summed E-state index contributed by atoms with van der Waals surface area (Å²) in [4.78, 5) is 25.5. The summed E-state index contributed by atoms with van der Waals surface area (Å²) in [6.45, 7) is 5.66. The molecule has 188 valence electrons. The molecule has 3 aromatic rings. The second-order valence-corrected chi connectivity index (χ2v) is 8.93. The number of amides is 1. The number of rotatable bonds is 9. The third kappa shape index (κ3) is 7.30. The fourth-order valence-electron chi connectivity index (χ4n) is 3.32. The fraction of sp³-hybridized carbons (Fsp3) is 0.259. The van der Waals surface area contributed by atoms with Crippen LogP contribution in [0.1, 0.15) is 20.8 Å². The molecule has 0 aliphatic carbocycles. The van der Waals surface area contributed by atoms with Gasteiger partial charge in [-0.25, -0.2) is 9.97 Å². The van der Waals surface area contributed by atoms with Gasteiger partial charge in [-0.15, -0.1) is 0 Å². The Kier molecular flexibility index (Phi) is 8.61. The van der Waals surface area contributed by atoms with Gasteiger partial charge in [-0.1, -0.05) is 24.3 Å². The molecule has 0 bridgehead atoms. The van der Waals surface area contributed by atoms with E-state index in [1.807, 2.05) is 57.2 Å². The van der Waals surface area contributed by atoms with Crippen molar-refractivity contribution >= 4 is 17.9 Å². The van der Waals surface area contributed by atoms with Crippen molar-refractivity contribution in [1.29, 1.82) is 0 Å². The number of hydrogen-bond acceptors (Lipinski definition) is 8. The van der Waals surface area contributed by atoms with Gasteiger partial charge in [0.05, 0.1) is 12.8 Å². The zero-order chi connectivity index (χ0) is 26.1. The number of nitrogens with zero attached hydrogens (tertiary/aromatic N) is 3. The average molecular weight is 489 g/mol. The van der Waals surface area contributed by atoms with E-state index in [1.165, 1.54) is 6.20 Å². The standard InChI is InChI=1S/C27H32N6O3/c1-27(2,3)33-24(34)17-36-22-8-6-7-19(13-22)25-30-16-23(18-9-11-21(35-5)12-10-18)26(32-25)31-20(14-28)15-29-4/h6-16H,17,28H2,1-5H3,(H,33,34)(H,30,31,32). The predicted octanol–water partition coefficient (Wildman–Crippen LogP) is 4.03. The summed E-state index contributed by atoms with van der Waals surface area (Å²) in [6.07, 6.45) is 4.77. The van der Waals surface area contributed by atoms with Crippen molar-refractivity contribution in [3.8, 4) is 34.0 Å². The number of allylic oxidation sites excluding steroid dienone is 1. The van der Waals surface area contributed by atoms with E-state index in [-0.39, 0.29) is 18.1 Å². The van der Waals surface area contributed by atoms with Crippen LogP contribution in [0.2, 0.25) is 0 Å². The summed E-state index contributed by atoms with van der Waals surface area (Å²) in [7, 11) is 3.28. The first-order valence-corrected chi connectivity index (χ1v) is 11.4. The van der Waals surface area contributed by atoms with Gasteiger partial charge in [0.15, 0.2) is 12.4 Å². The van der Waals surface area contributed by atoms with Crippen molar-refractivity contribution in [2.75, 3.05) is 26.1 Å². The molecule has 9 heteroatoms. The summed E-state index contributed by atoms with van der Waals surface area (Å²) in [5, 5.41) is 6.11. The number of nitrogens with two attached hydrogens (primary N) is 1. The number of aromatic nitrogens is 2. The Labute approximate surface area is 211 Å². The minimum Gasteiger partial charge on any atom is -0.497 e. The van der Waals surface area contributed by atoms with Crippen molar-refractivity contribution < 1.29 is 14.3 Å². The molecule has 3 rings (SSSR count). The van der Waals surface area contributed by atoms with E-state index >= 15 is 0 Å². The van der Waals surface area contributed by atoms with Gasteiger partial charge in [0.2, 0.25) is 0 Å². The Hall–Kier alpha value is -4.40. The number of hydrogen-bond donors (Lipinski definition) is 3. The SMILES string of the molecule is CN=CC(=CN)Nc1nc(-c2cccc(OCC(=O)NC(C)(C)C)c2)ncc1-c1ccc(OC)cc1. The smallest absolute Gasteiger partial charge is 0.258 e. The van der Waals surface area contributed by atoms with E-state index in [1.54, 1.807) is 38.7 Å². The molecule has 0 fully saturated rings. The molecule has 0 radical (unpaired) electrons. The Morgan fingerprint density at radius 3 is 2.50 bits per heavy atom. The maximum atomic E-state index is 12.1. The van der Waals surface area contributed by atoms with Gasteiger partial charge in [0, 0.05) is 42.3 Å². The van der Waals surface area contributed by atoms with Crippen LogP contribution < -0.4 is 25.8 Å². The lowest BCUT2D eigenvalue weighted by Crippen LogP contribution is -2.43. The minimum absolute atomic E-state index is 0.0915. The summed E-state index contributed by atoms with van der Waals surface area (Å²) < 4.78 is 11.0. The van der Waals surface area contributed by atoms with Gasteiger partial charge in [0.25, 0.3) is 5.91 Å². The summed E-state index contributed by atoms with van der Waals surface area (Å²) >= 11 is 0. The Morgan fingerprint density at radius 2 is 1.86 bits per heavy atom. The molecule has 9 nitrogen and oxygen atoms in total. The second kappa shape index (κ2) is 11.8. The van der Waals surface area contributed by atoms with E-state index in [9.17, 15) is 4.79 Å². The highest BCUT2D eigenvalue weighted by molar-refractivity contribution is 5.86. The number of carbonyl (C=O) groups is 1. The monoisotopic (exact) mass is 488 g/mol. The summed E-state index contributed by atoms with van der Waals surface area (Å²) in [5.41, 5.74) is 8.43. The summed E-state index contributed by atoms with van der Waals surface area (Å²) in [5.74, 6) is 2.12. The molecule has 1 heterocycles. The molecule has 0 atom stereocenters. The topological polar surface area (TPSA) is 124 Å². The molecule has 36 heavy (non-hydrogen) atoms. The van der Waals surface area contributed by atoms with Crippen LogP contribution in [-0.4, -0.2) is 48.4 Å². The number of ether oxygens (including phenoxy) is 2. The first-order chi connectivity index (χ1) is 17.2. The predicted molar refractivity (Wildman–Crippen MR) is 143 cm³/mol. The molecule has 4 N–H and O–H groups in total. The van der Waals surface area contributed by atoms with Crippen molar-refractivity contribution in [3.05, 3.63) is 66.6 Å². The molecule has 0 spiro atoms. The largest absolute Gasteiger partial charge is 0.497 e. The van der Waals surface area contributed by atoms with Crippen molar-refractivity contribution in [1.82, 2.24) is 15.3 Å². The molecule has 0 unspecified atom stereocenters. The maximum absolute atomic E-state index is 12.1. The highest BCUT2D eigenvalue weighted by Gasteiger charge is 2.15. The highest BCUT2D eigenvalue weighted by Crippen LogP contribution is 2.31. The minimum atomic E-state index is -0.329. The lowest BCUT2D eigenvalue weighted by Gasteiger charge is -2.20. The Balaban J connectivity index is 1.92. The normalized spacial score (nSPS) is 11.9. The van der Waals surface area contributed by atoms with Gasteiger partial charge in [0.1, 0.15) is 17.3 Å². The second-order valence-electron chi connectivity index (χ2n) is 8.93. The highest BCUT2D eigenvalue weighted by atomic mass is 16.5. The number of benzene rings is 2. The number of nitrogens with one attached hydrogen (secondary N) is 2. The zero-order valence-electron chi connectivity index (χ0n) is 21.2. The van der Waals surface area contributed by atoms with E-state index < -0.39 is 0 Å². The van der Waals surface area contributed by atoms with Gasteiger partial charge in [-0.05, 0) is 50.6 Å². The Morgan fingerprint density at radius 1 is 1.11 bits per heavy atom. The molecule has 2 aromatic carbocycles. The molecule has 1 amide bonds. The molecule has 0 saturated heterocycles. The number of anilines is 1. The van der Waals surface area contributed by atoms with Crippen LogP contribution in [0.3, 0.4) is 0 Å². The van der Waals surface area contributed by atoms with Crippen molar-refractivity contribution in [3.63, 3.8) is 0 Å². The summed E-state index contributed by atoms with van der Waals surface area (Å²) in [6, 6.07) is 14.9. The molecular weight excluding hydrogens is 456 g/mol. The number of carbonyl (C=O) groups excluding carboxylic acids is 1. The van der Waals surface area contributed by atoms with E-state index in [4.69, 9.17) is 20.2 Å². The number of aliphatic imine (C=N–C) groups is 1. The van der Waals surface area contributed by atoms with E-state index in [2.05, 4.69) is 20.6 Å². The van der Waals surface area contributed by atoms with Gasteiger partial charge >= 0.3 is 0 Å². The Bertz CT molecular complexity index is 1250. The lowest BCUT2D eigenvalue weighted by atomic mass is 10.1. The molecule has 0 aliphatic heterocycles. The first-order valence-electron chi connectivity index (χ1n) is 11.4. The lowest BCUT2D eigenvalue weighted by molar-refractivity contribution is -0.124. The molecular formula is C27H32N6O3. The molecule has 0 saturated carbocycles.